The van der Waals surface area contributed by atoms with E-state index in [1.807, 2.05) is 34.6 Å². The number of hydrogen-bond acceptors (Lipinski definition) is 3. The van der Waals surface area contributed by atoms with Crippen molar-refractivity contribution in [2.75, 3.05) is 13.1 Å². The summed E-state index contributed by atoms with van der Waals surface area (Å²) in [7, 11) is 0. The molecule has 1 aromatic rings. The Morgan fingerprint density at radius 3 is 2.04 bits per heavy atom. The predicted octanol–water partition coefficient (Wildman–Crippen LogP) is 4.57. The molecular weight excluding hydrogens is 337 g/mol. The monoisotopic (exact) mass is 365 g/mol. The third-order valence-electron chi connectivity index (χ3n) is 3.08. The van der Waals surface area contributed by atoms with Crippen LogP contribution in [0.15, 0.2) is 24.3 Å². The van der Waals surface area contributed by atoms with Crippen molar-refractivity contribution in [3.8, 4) is 11.8 Å². The smallest absolute Gasteiger partial charge is 0.410 e. The number of rotatable bonds is 1. The molecule has 1 saturated heterocycles. The highest BCUT2D eigenvalue weighted by atomic mass is 19.1. The number of halogens is 1. The van der Waals surface area contributed by atoms with E-state index in [-0.39, 0.29) is 17.3 Å². The number of carbonyl (C=O) groups is 2. The third-order valence-corrected chi connectivity index (χ3v) is 3.08. The molecule has 0 bridgehead atoms. The van der Waals surface area contributed by atoms with Gasteiger partial charge in [0, 0.05) is 13.1 Å². The SMILES string of the molecule is CC#CC.CC(C)(C)OC(=O)N1CCCC1.O=C(O)c1cccc(F)c1. The Morgan fingerprint density at radius 1 is 1.15 bits per heavy atom. The topological polar surface area (TPSA) is 66.8 Å². The summed E-state index contributed by atoms with van der Waals surface area (Å²) < 4.78 is 17.5. The highest BCUT2D eigenvalue weighted by molar-refractivity contribution is 5.87. The van der Waals surface area contributed by atoms with Crippen molar-refractivity contribution >= 4 is 12.1 Å². The Bertz CT molecular complexity index is 629. The van der Waals surface area contributed by atoms with Crippen molar-refractivity contribution in [2.45, 2.75) is 53.1 Å². The number of aromatic carboxylic acids is 1. The van der Waals surface area contributed by atoms with Gasteiger partial charge in [-0.2, -0.15) is 0 Å². The lowest BCUT2D eigenvalue weighted by Crippen LogP contribution is -2.34. The number of carboxylic acids is 1. The molecule has 1 aliphatic heterocycles. The first kappa shape index (κ1) is 23.4. The number of ether oxygens (including phenoxy) is 1. The summed E-state index contributed by atoms with van der Waals surface area (Å²) >= 11 is 0. The second kappa shape index (κ2) is 11.9. The Morgan fingerprint density at radius 2 is 1.69 bits per heavy atom. The molecule has 1 amide bonds. The van der Waals surface area contributed by atoms with E-state index in [9.17, 15) is 14.0 Å². The van der Waals surface area contributed by atoms with Crippen LogP contribution in [-0.2, 0) is 4.74 Å². The maximum absolute atomic E-state index is 12.3. The quantitative estimate of drug-likeness (QED) is 0.740. The van der Waals surface area contributed by atoms with Crippen LogP contribution in [0.5, 0.6) is 0 Å². The van der Waals surface area contributed by atoms with Gasteiger partial charge in [-0.3, -0.25) is 0 Å². The van der Waals surface area contributed by atoms with Crippen LogP contribution < -0.4 is 0 Å². The number of hydrogen-bond donors (Lipinski definition) is 1. The van der Waals surface area contributed by atoms with Gasteiger partial charge in [0.15, 0.2) is 0 Å². The fraction of sp³-hybridized carbons (Fsp3) is 0.500. The van der Waals surface area contributed by atoms with Gasteiger partial charge in [0.25, 0.3) is 0 Å². The molecule has 1 aliphatic rings. The van der Waals surface area contributed by atoms with E-state index in [1.165, 1.54) is 18.2 Å². The molecule has 2 rings (SSSR count). The summed E-state index contributed by atoms with van der Waals surface area (Å²) in [5.74, 6) is 3.72. The largest absolute Gasteiger partial charge is 0.478 e. The molecule has 1 fully saturated rings. The molecule has 1 aromatic carbocycles. The highest BCUT2D eigenvalue weighted by Gasteiger charge is 2.23. The molecule has 0 aromatic heterocycles. The van der Waals surface area contributed by atoms with Crippen LogP contribution in [0.3, 0.4) is 0 Å². The lowest BCUT2D eigenvalue weighted by molar-refractivity contribution is 0.0295. The van der Waals surface area contributed by atoms with Gasteiger partial charge >= 0.3 is 12.1 Å². The van der Waals surface area contributed by atoms with Crippen molar-refractivity contribution < 1.29 is 23.8 Å². The first-order chi connectivity index (χ1) is 12.1. The zero-order valence-electron chi connectivity index (χ0n) is 16.1. The molecule has 0 aliphatic carbocycles. The molecule has 0 spiro atoms. The van der Waals surface area contributed by atoms with Crippen molar-refractivity contribution in [3.05, 3.63) is 35.6 Å². The lowest BCUT2D eigenvalue weighted by Gasteiger charge is -2.23. The van der Waals surface area contributed by atoms with Gasteiger partial charge in [0.1, 0.15) is 11.4 Å². The van der Waals surface area contributed by atoms with E-state index in [1.54, 1.807) is 4.90 Å². The molecular formula is C20H28FNO4. The Kier molecular flexibility index (Phi) is 10.7. The number of benzene rings is 1. The minimum absolute atomic E-state index is 0.0278. The molecule has 144 valence electrons. The van der Waals surface area contributed by atoms with Crippen LogP contribution in [0.25, 0.3) is 0 Å². The second-order valence-corrected chi connectivity index (χ2v) is 6.49. The van der Waals surface area contributed by atoms with Gasteiger partial charge in [0.2, 0.25) is 0 Å². The van der Waals surface area contributed by atoms with Crippen LogP contribution in [0, 0.1) is 17.7 Å². The third kappa shape index (κ3) is 11.1. The number of amides is 1. The van der Waals surface area contributed by atoms with Crippen molar-refractivity contribution in [1.82, 2.24) is 4.90 Å². The summed E-state index contributed by atoms with van der Waals surface area (Å²) in [6.45, 7) is 11.0. The van der Waals surface area contributed by atoms with Crippen molar-refractivity contribution in [3.63, 3.8) is 0 Å². The van der Waals surface area contributed by atoms with Crippen LogP contribution in [0.1, 0.15) is 57.8 Å². The fourth-order valence-electron chi connectivity index (χ4n) is 1.85. The van der Waals surface area contributed by atoms with Crippen LogP contribution in [0.4, 0.5) is 9.18 Å². The van der Waals surface area contributed by atoms with Gasteiger partial charge in [-0.15, -0.1) is 11.8 Å². The molecule has 5 nitrogen and oxygen atoms in total. The van der Waals surface area contributed by atoms with E-state index in [0.29, 0.717) is 0 Å². The fourth-order valence-corrected chi connectivity index (χ4v) is 1.85. The zero-order valence-corrected chi connectivity index (χ0v) is 16.1. The molecule has 1 N–H and O–H groups in total. The Labute approximate surface area is 155 Å². The number of nitrogens with zero attached hydrogens (tertiary/aromatic N) is 1. The van der Waals surface area contributed by atoms with Crippen molar-refractivity contribution in [2.24, 2.45) is 0 Å². The molecule has 0 unspecified atom stereocenters. The molecule has 1 heterocycles. The summed E-state index contributed by atoms with van der Waals surface area (Å²) in [5, 5.41) is 8.34. The van der Waals surface area contributed by atoms with Gasteiger partial charge in [-0.05, 0) is 65.7 Å². The maximum Gasteiger partial charge on any atom is 0.410 e. The molecule has 0 saturated carbocycles. The molecule has 26 heavy (non-hydrogen) atoms. The first-order valence-corrected chi connectivity index (χ1v) is 8.41. The van der Waals surface area contributed by atoms with Gasteiger partial charge in [-0.25, -0.2) is 14.0 Å². The van der Waals surface area contributed by atoms with E-state index in [2.05, 4.69) is 11.8 Å². The summed E-state index contributed by atoms with van der Waals surface area (Å²) in [6, 6.07) is 4.87. The molecule has 0 atom stereocenters. The standard InChI is InChI=1S/C9H17NO2.C7H5FO2.C4H6/c1-9(2,3)12-8(11)10-6-4-5-7-10;8-6-3-1-2-5(4-6)7(9)10;1-3-4-2/h4-7H2,1-3H3;1-4H,(H,9,10);1-2H3. The highest BCUT2D eigenvalue weighted by Crippen LogP contribution is 2.14. The van der Waals surface area contributed by atoms with Crippen LogP contribution in [0.2, 0.25) is 0 Å². The van der Waals surface area contributed by atoms with Gasteiger partial charge in [-0.1, -0.05) is 6.07 Å². The van der Waals surface area contributed by atoms with Crippen molar-refractivity contribution in [1.29, 1.82) is 0 Å². The lowest BCUT2D eigenvalue weighted by atomic mass is 10.2. The second-order valence-electron chi connectivity index (χ2n) is 6.49. The minimum atomic E-state index is -1.11. The van der Waals surface area contributed by atoms with Crippen LogP contribution >= 0.6 is 0 Å². The van der Waals surface area contributed by atoms with E-state index >= 15 is 0 Å². The molecule has 6 heteroatoms. The summed E-state index contributed by atoms with van der Waals surface area (Å²) in [6.07, 6.45) is 2.05. The predicted molar refractivity (Wildman–Crippen MR) is 99.5 cm³/mol. The normalized spacial score (nSPS) is 12.5. The van der Waals surface area contributed by atoms with E-state index < -0.39 is 11.8 Å². The first-order valence-electron chi connectivity index (χ1n) is 8.41. The molecule has 0 radical (unpaired) electrons. The minimum Gasteiger partial charge on any atom is -0.478 e. The number of carboxylic acid groups (broad SMARTS) is 1. The average molecular weight is 365 g/mol. The van der Waals surface area contributed by atoms with Gasteiger partial charge < -0.3 is 14.7 Å². The van der Waals surface area contributed by atoms with E-state index in [4.69, 9.17) is 9.84 Å². The Hall–Kier alpha value is -2.55. The average Bonchev–Trinajstić information content (AvgIpc) is 3.09. The number of carbonyl (C=O) groups excluding carboxylic acids is 1. The zero-order chi connectivity index (χ0) is 20.2. The number of likely N-dealkylation sites (tertiary alicyclic amines) is 1. The summed E-state index contributed by atoms with van der Waals surface area (Å²) in [4.78, 5) is 23.3. The van der Waals surface area contributed by atoms with Gasteiger partial charge in [0.05, 0.1) is 5.56 Å². The Balaban J connectivity index is 0.000000405. The summed E-state index contributed by atoms with van der Waals surface area (Å²) in [5.41, 5.74) is -0.389. The van der Waals surface area contributed by atoms with E-state index in [0.717, 1.165) is 32.0 Å². The van der Waals surface area contributed by atoms with Crippen LogP contribution in [-0.4, -0.2) is 40.8 Å². The maximum atomic E-state index is 12.3.